The first kappa shape index (κ1) is 18.2. The quantitative estimate of drug-likeness (QED) is 0.755. The van der Waals surface area contributed by atoms with Crippen molar-refractivity contribution in [1.82, 2.24) is 5.32 Å². The predicted molar refractivity (Wildman–Crippen MR) is 85.9 cm³/mol. The van der Waals surface area contributed by atoms with Crippen molar-refractivity contribution < 1.29 is 14.3 Å². The minimum atomic E-state index is -0.636. The summed E-state index contributed by atoms with van der Waals surface area (Å²) >= 11 is 0. The summed E-state index contributed by atoms with van der Waals surface area (Å²) in [6.07, 6.45) is 0.533. The number of benzene rings is 1. The second-order valence-electron chi connectivity index (χ2n) is 5.94. The Kier molecular flexibility index (Phi) is 7.05. The molecule has 0 fully saturated rings. The minimum Gasteiger partial charge on any atom is -0.467 e. The van der Waals surface area contributed by atoms with Crippen LogP contribution >= 0.6 is 0 Å². The Morgan fingerprint density at radius 2 is 1.77 bits per heavy atom. The molecule has 0 aliphatic rings. The van der Waals surface area contributed by atoms with Crippen molar-refractivity contribution in [3.8, 4) is 0 Å². The summed E-state index contributed by atoms with van der Waals surface area (Å²) in [5.41, 5.74) is 7.04. The van der Waals surface area contributed by atoms with E-state index in [-0.39, 0.29) is 11.8 Å². The van der Waals surface area contributed by atoms with Crippen LogP contribution in [0.5, 0.6) is 0 Å². The summed E-state index contributed by atoms with van der Waals surface area (Å²) in [5.74, 6) is -0.848. The van der Waals surface area contributed by atoms with E-state index in [0.29, 0.717) is 6.42 Å². The number of methoxy groups -OCH3 is 1. The van der Waals surface area contributed by atoms with E-state index in [4.69, 9.17) is 10.5 Å². The largest absolute Gasteiger partial charge is 0.467 e. The molecule has 0 saturated heterocycles. The maximum atomic E-state index is 12.4. The van der Waals surface area contributed by atoms with Gasteiger partial charge in [-0.25, -0.2) is 4.79 Å². The third-order valence-corrected chi connectivity index (χ3v) is 3.65. The fraction of sp³-hybridized carbons (Fsp3) is 0.529. The number of rotatable bonds is 7. The summed E-state index contributed by atoms with van der Waals surface area (Å²) < 4.78 is 4.75. The standard InChI is InChI=1S/C17H26N2O3/c1-11(2)10-14(17(21)22-4)19-16(20)12(3)15(18)13-8-6-5-7-9-13/h5-9,11-12,14-15H,10,18H2,1-4H3,(H,19,20). The number of carbonyl (C=O) groups is 2. The van der Waals surface area contributed by atoms with E-state index in [1.807, 2.05) is 44.2 Å². The lowest BCUT2D eigenvalue weighted by Gasteiger charge is -2.24. The Bertz CT molecular complexity index is 488. The number of nitrogens with one attached hydrogen (secondary N) is 1. The summed E-state index contributed by atoms with van der Waals surface area (Å²) in [5, 5.41) is 2.76. The summed E-state index contributed by atoms with van der Waals surface area (Å²) in [6, 6.07) is 8.39. The highest BCUT2D eigenvalue weighted by Gasteiger charge is 2.28. The molecule has 0 heterocycles. The molecule has 0 saturated carbocycles. The Balaban J connectivity index is 2.74. The molecule has 22 heavy (non-hydrogen) atoms. The highest BCUT2D eigenvalue weighted by molar-refractivity contribution is 5.86. The second kappa shape index (κ2) is 8.54. The number of esters is 1. The average Bonchev–Trinajstić information content (AvgIpc) is 2.52. The zero-order valence-corrected chi connectivity index (χ0v) is 13.7. The fourth-order valence-electron chi connectivity index (χ4n) is 2.26. The molecule has 0 aliphatic carbocycles. The molecule has 3 unspecified atom stereocenters. The number of hydrogen-bond donors (Lipinski definition) is 2. The van der Waals surface area contributed by atoms with Crippen molar-refractivity contribution in [2.75, 3.05) is 7.11 Å². The molecule has 5 nitrogen and oxygen atoms in total. The van der Waals surface area contributed by atoms with Gasteiger partial charge in [-0.1, -0.05) is 51.1 Å². The van der Waals surface area contributed by atoms with Crippen LogP contribution in [0.3, 0.4) is 0 Å². The summed E-state index contributed by atoms with van der Waals surface area (Å²) in [7, 11) is 1.32. The first-order chi connectivity index (χ1) is 10.4. The van der Waals surface area contributed by atoms with E-state index >= 15 is 0 Å². The molecular formula is C17H26N2O3. The Morgan fingerprint density at radius 3 is 2.27 bits per heavy atom. The van der Waals surface area contributed by atoms with Gasteiger partial charge >= 0.3 is 5.97 Å². The minimum absolute atomic E-state index is 0.243. The van der Waals surface area contributed by atoms with Gasteiger partial charge in [-0.2, -0.15) is 0 Å². The maximum absolute atomic E-state index is 12.4. The molecule has 0 aromatic heterocycles. The number of ether oxygens (including phenoxy) is 1. The molecule has 122 valence electrons. The molecule has 5 heteroatoms. The SMILES string of the molecule is COC(=O)C(CC(C)C)NC(=O)C(C)C(N)c1ccccc1. The van der Waals surface area contributed by atoms with Gasteiger partial charge in [0.1, 0.15) is 6.04 Å². The normalized spacial score (nSPS) is 15.0. The Hall–Kier alpha value is -1.88. The molecule has 3 N–H and O–H groups in total. The van der Waals surface area contributed by atoms with Crippen molar-refractivity contribution in [2.24, 2.45) is 17.6 Å². The van der Waals surface area contributed by atoms with E-state index in [1.54, 1.807) is 6.92 Å². The van der Waals surface area contributed by atoms with Gasteiger partial charge in [0.25, 0.3) is 0 Å². The Morgan fingerprint density at radius 1 is 1.18 bits per heavy atom. The molecule has 1 amide bonds. The van der Waals surface area contributed by atoms with Gasteiger partial charge in [0.05, 0.1) is 13.0 Å². The van der Waals surface area contributed by atoms with Crippen LogP contribution in [-0.2, 0) is 14.3 Å². The number of nitrogens with two attached hydrogens (primary N) is 1. The highest BCUT2D eigenvalue weighted by atomic mass is 16.5. The first-order valence-electron chi connectivity index (χ1n) is 7.55. The van der Waals surface area contributed by atoms with Crippen molar-refractivity contribution in [3.63, 3.8) is 0 Å². The molecule has 1 aromatic rings. The van der Waals surface area contributed by atoms with Crippen molar-refractivity contribution >= 4 is 11.9 Å². The lowest BCUT2D eigenvalue weighted by atomic mass is 9.94. The van der Waals surface area contributed by atoms with Crippen molar-refractivity contribution in [2.45, 2.75) is 39.3 Å². The molecule has 1 aromatic carbocycles. The van der Waals surface area contributed by atoms with Crippen LogP contribution in [-0.4, -0.2) is 25.0 Å². The molecule has 0 aliphatic heterocycles. The monoisotopic (exact) mass is 306 g/mol. The van der Waals surface area contributed by atoms with Crippen LogP contribution < -0.4 is 11.1 Å². The smallest absolute Gasteiger partial charge is 0.328 e. The molecule has 1 rings (SSSR count). The lowest BCUT2D eigenvalue weighted by molar-refractivity contribution is -0.146. The van der Waals surface area contributed by atoms with Gasteiger partial charge < -0.3 is 15.8 Å². The first-order valence-corrected chi connectivity index (χ1v) is 7.55. The highest BCUT2D eigenvalue weighted by Crippen LogP contribution is 2.19. The van der Waals surface area contributed by atoms with E-state index in [2.05, 4.69) is 5.32 Å². The van der Waals surface area contributed by atoms with Crippen LogP contribution in [0.2, 0.25) is 0 Å². The van der Waals surface area contributed by atoms with E-state index in [0.717, 1.165) is 5.56 Å². The van der Waals surface area contributed by atoms with Gasteiger partial charge in [0.2, 0.25) is 5.91 Å². The van der Waals surface area contributed by atoms with Crippen LogP contribution in [0.25, 0.3) is 0 Å². The second-order valence-corrected chi connectivity index (χ2v) is 5.94. The molecular weight excluding hydrogens is 280 g/mol. The topological polar surface area (TPSA) is 81.4 Å². The average molecular weight is 306 g/mol. The van der Waals surface area contributed by atoms with Gasteiger partial charge in [-0.15, -0.1) is 0 Å². The number of hydrogen-bond acceptors (Lipinski definition) is 4. The zero-order valence-electron chi connectivity index (χ0n) is 13.7. The third-order valence-electron chi connectivity index (χ3n) is 3.65. The summed E-state index contributed by atoms with van der Waals surface area (Å²) in [4.78, 5) is 24.1. The zero-order chi connectivity index (χ0) is 16.7. The molecule has 0 radical (unpaired) electrons. The van der Waals surface area contributed by atoms with Crippen LogP contribution in [0, 0.1) is 11.8 Å². The third kappa shape index (κ3) is 5.15. The van der Waals surface area contributed by atoms with E-state index in [9.17, 15) is 9.59 Å². The van der Waals surface area contributed by atoms with Crippen molar-refractivity contribution in [3.05, 3.63) is 35.9 Å². The summed E-state index contributed by atoms with van der Waals surface area (Å²) in [6.45, 7) is 5.74. The number of amides is 1. The lowest BCUT2D eigenvalue weighted by Crippen LogP contribution is -2.46. The van der Waals surface area contributed by atoms with Crippen molar-refractivity contribution in [1.29, 1.82) is 0 Å². The van der Waals surface area contributed by atoms with E-state index < -0.39 is 24.0 Å². The van der Waals surface area contributed by atoms with Gasteiger partial charge in [0.15, 0.2) is 0 Å². The van der Waals surface area contributed by atoms with Crippen LogP contribution in [0.1, 0.15) is 38.8 Å². The van der Waals surface area contributed by atoms with Gasteiger partial charge in [-0.05, 0) is 17.9 Å². The van der Waals surface area contributed by atoms with Crippen LogP contribution in [0.15, 0.2) is 30.3 Å². The molecule has 3 atom stereocenters. The Labute approximate surface area is 132 Å². The molecule has 0 bridgehead atoms. The van der Waals surface area contributed by atoms with E-state index in [1.165, 1.54) is 7.11 Å². The predicted octanol–water partition coefficient (Wildman–Crippen LogP) is 2.03. The fourth-order valence-corrected chi connectivity index (χ4v) is 2.26. The maximum Gasteiger partial charge on any atom is 0.328 e. The number of carbonyl (C=O) groups excluding carboxylic acids is 2. The van der Waals surface area contributed by atoms with Gasteiger partial charge in [0, 0.05) is 6.04 Å². The van der Waals surface area contributed by atoms with Crippen LogP contribution in [0.4, 0.5) is 0 Å². The molecule has 0 spiro atoms. The van der Waals surface area contributed by atoms with Gasteiger partial charge in [-0.3, -0.25) is 4.79 Å².